The van der Waals surface area contributed by atoms with Gasteiger partial charge in [-0.15, -0.1) is 11.3 Å². The number of carboxylic acid groups (broad SMARTS) is 1. The van der Waals surface area contributed by atoms with Crippen molar-refractivity contribution >= 4 is 33.4 Å². The molecule has 1 aromatic heterocycles. The average molecular weight is 320 g/mol. The fourth-order valence-corrected chi connectivity index (χ4v) is 3.15. The molecule has 0 unspecified atom stereocenters. The summed E-state index contributed by atoms with van der Waals surface area (Å²) in [6, 6.07) is 8.08. The summed E-state index contributed by atoms with van der Waals surface area (Å²) in [5.41, 5.74) is 1.04. The number of hydrogen-bond donors (Lipinski definition) is 2. The molecule has 1 aromatic carbocycles. The number of fused-ring (bicyclic) bond motifs is 1. The van der Waals surface area contributed by atoms with Crippen LogP contribution in [0.3, 0.4) is 0 Å². The monoisotopic (exact) mass is 320 g/mol. The van der Waals surface area contributed by atoms with Crippen LogP contribution in [-0.2, 0) is 16.0 Å². The smallest absolute Gasteiger partial charge is 0.303 e. The molecule has 5 nitrogen and oxygen atoms in total. The van der Waals surface area contributed by atoms with Gasteiger partial charge in [-0.3, -0.25) is 9.59 Å². The Balaban J connectivity index is 1.60. The second kappa shape index (κ2) is 8.48. The van der Waals surface area contributed by atoms with E-state index in [-0.39, 0.29) is 12.3 Å². The molecule has 118 valence electrons. The highest BCUT2D eigenvalue weighted by Crippen LogP contribution is 2.22. The van der Waals surface area contributed by atoms with Gasteiger partial charge in [0.15, 0.2) is 0 Å². The second-order valence-corrected chi connectivity index (χ2v) is 6.24. The zero-order valence-electron chi connectivity index (χ0n) is 12.4. The van der Waals surface area contributed by atoms with Gasteiger partial charge in [0.05, 0.1) is 15.2 Å². The number of carbonyl (C=O) groups excluding carboxylic acids is 1. The lowest BCUT2D eigenvalue weighted by atomic mass is 10.2. The van der Waals surface area contributed by atoms with Crippen molar-refractivity contribution in [3.05, 3.63) is 29.3 Å². The van der Waals surface area contributed by atoms with Crippen LogP contribution < -0.4 is 5.32 Å². The van der Waals surface area contributed by atoms with Gasteiger partial charge in [-0.05, 0) is 37.8 Å². The molecule has 1 amide bonds. The first-order valence-corrected chi connectivity index (χ1v) is 8.30. The lowest BCUT2D eigenvalue weighted by Gasteiger charge is -2.03. The Morgan fingerprint density at radius 3 is 2.73 bits per heavy atom. The van der Waals surface area contributed by atoms with Gasteiger partial charge < -0.3 is 10.4 Å². The van der Waals surface area contributed by atoms with E-state index in [1.165, 1.54) is 4.70 Å². The van der Waals surface area contributed by atoms with Crippen LogP contribution >= 0.6 is 11.3 Å². The molecular formula is C16H20N2O3S. The first-order chi connectivity index (χ1) is 10.6. The second-order valence-electron chi connectivity index (χ2n) is 5.13. The topological polar surface area (TPSA) is 79.3 Å². The van der Waals surface area contributed by atoms with Gasteiger partial charge in [-0.2, -0.15) is 0 Å². The Hall–Kier alpha value is -1.95. The highest BCUT2D eigenvalue weighted by molar-refractivity contribution is 7.18. The molecular weight excluding hydrogens is 300 g/mol. The van der Waals surface area contributed by atoms with E-state index in [1.54, 1.807) is 11.3 Å². The van der Waals surface area contributed by atoms with Gasteiger partial charge in [0.25, 0.3) is 0 Å². The fraction of sp³-hybridized carbons (Fsp3) is 0.438. The number of hydrogen-bond acceptors (Lipinski definition) is 4. The minimum atomic E-state index is -0.829. The lowest BCUT2D eigenvalue weighted by Crippen LogP contribution is -2.24. The maximum absolute atomic E-state index is 11.6. The maximum atomic E-state index is 11.6. The summed E-state index contributed by atoms with van der Waals surface area (Å²) >= 11 is 1.71. The van der Waals surface area contributed by atoms with Crippen LogP contribution in [0, 0.1) is 0 Å². The number of nitrogens with one attached hydrogen (secondary N) is 1. The molecule has 0 bridgehead atoms. The Bertz CT molecular complexity index is 606. The fourth-order valence-electron chi connectivity index (χ4n) is 2.14. The van der Waals surface area contributed by atoms with Gasteiger partial charge in [0, 0.05) is 19.4 Å². The minimum absolute atomic E-state index is 0.00492. The third-order valence-corrected chi connectivity index (χ3v) is 4.37. The van der Waals surface area contributed by atoms with Crippen molar-refractivity contribution < 1.29 is 14.7 Å². The molecule has 0 aliphatic rings. The quantitative estimate of drug-likeness (QED) is 0.696. The minimum Gasteiger partial charge on any atom is -0.481 e. The van der Waals surface area contributed by atoms with E-state index in [9.17, 15) is 9.59 Å². The molecule has 2 N–H and O–H groups in total. The predicted octanol–water partition coefficient (Wildman–Crippen LogP) is 2.99. The third-order valence-electron chi connectivity index (χ3n) is 3.27. The van der Waals surface area contributed by atoms with E-state index in [2.05, 4.69) is 16.4 Å². The molecule has 0 atom stereocenters. The van der Waals surface area contributed by atoms with Crippen LogP contribution in [0.4, 0.5) is 0 Å². The van der Waals surface area contributed by atoms with Gasteiger partial charge in [-0.25, -0.2) is 4.98 Å². The summed E-state index contributed by atoms with van der Waals surface area (Å²) < 4.78 is 1.20. The number of amides is 1. The molecule has 0 saturated heterocycles. The number of rotatable bonds is 9. The highest BCUT2D eigenvalue weighted by Gasteiger charge is 2.05. The van der Waals surface area contributed by atoms with Crippen LogP contribution in [0.1, 0.15) is 37.1 Å². The molecule has 0 saturated carbocycles. The molecule has 6 heteroatoms. The Labute approximate surface area is 133 Å². The summed E-state index contributed by atoms with van der Waals surface area (Å²) in [6.45, 7) is 0.434. The van der Waals surface area contributed by atoms with Crippen LogP contribution in [-0.4, -0.2) is 28.5 Å². The van der Waals surface area contributed by atoms with E-state index >= 15 is 0 Å². The summed E-state index contributed by atoms with van der Waals surface area (Å²) in [4.78, 5) is 26.5. The van der Waals surface area contributed by atoms with Crippen molar-refractivity contribution in [3.63, 3.8) is 0 Å². The number of para-hydroxylation sites is 1. The van der Waals surface area contributed by atoms with E-state index in [0.29, 0.717) is 19.4 Å². The normalized spacial score (nSPS) is 10.7. The van der Waals surface area contributed by atoms with Gasteiger partial charge in [0.2, 0.25) is 5.91 Å². The summed E-state index contributed by atoms with van der Waals surface area (Å²) in [6.07, 6.45) is 3.71. The van der Waals surface area contributed by atoms with E-state index < -0.39 is 5.97 Å². The van der Waals surface area contributed by atoms with E-state index in [4.69, 9.17) is 5.11 Å². The molecule has 0 fully saturated rings. The predicted molar refractivity (Wildman–Crippen MR) is 87.1 cm³/mol. The Morgan fingerprint density at radius 2 is 1.95 bits per heavy atom. The van der Waals surface area contributed by atoms with E-state index in [0.717, 1.165) is 29.8 Å². The number of aliphatic carboxylic acids is 1. The number of unbranched alkanes of at least 4 members (excludes halogenated alkanes) is 1. The maximum Gasteiger partial charge on any atom is 0.303 e. The number of benzene rings is 1. The number of aromatic nitrogens is 1. The summed E-state index contributed by atoms with van der Waals surface area (Å²) in [7, 11) is 0. The zero-order chi connectivity index (χ0) is 15.8. The van der Waals surface area contributed by atoms with E-state index in [1.807, 2.05) is 18.2 Å². The largest absolute Gasteiger partial charge is 0.481 e. The third kappa shape index (κ3) is 5.44. The molecule has 0 radical (unpaired) electrons. The highest BCUT2D eigenvalue weighted by atomic mass is 32.1. The molecule has 0 spiro atoms. The van der Waals surface area contributed by atoms with Crippen LogP contribution in [0.25, 0.3) is 10.2 Å². The van der Waals surface area contributed by atoms with Crippen LogP contribution in [0.15, 0.2) is 24.3 Å². The Morgan fingerprint density at radius 1 is 1.14 bits per heavy atom. The molecule has 0 aliphatic carbocycles. The molecule has 22 heavy (non-hydrogen) atoms. The first-order valence-electron chi connectivity index (χ1n) is 7.48. The van der Waals surface area contributed by atoms with Gasteiger partial charge in [0.1, 0.15) is 0 Å². The lowest BCUT2D eigenvalue weighted by molar-refractivity contribution is -0.137. The number of nitrogens with zero attached hydrogens (tertiary/aromatic N) is 1. The summed E-state index contributed by atoms with van der Waals surface area (Å²) in [5.74, 6) is -0.834. The van der Waals surface area contributed by atoms with Crippen molar-refractivity contribution in [2.45, 2.75) is 38.5 Å². The van der Waals surface area contributed by atoms with Crippen molar-refractivity contribution in [1.29, 1.82) is 0 Å². The van der Waals surface area contributed by atoms with Crippen LogP contribution in [0.5, 0.6) is 0 Å². The SMILES string of the molecule is O=C(O)CCCNC(=O)CCCCc1nc2ccccc2s1. The molecule has 2 rings (SSSR count). The van der Waals surface area contributed by atoms with Crippen molar-refractivity contribution in [1.82, 2.24) is 10.3 Å². The molecule has 0 aliphatic heterocycles. The van der Waals surface area contributed by atoms with Gasteiger partial charge >= 0.3 is 5.97 Å². The summed E-state index contributed by atoms with van der Waals surface area (Å²) in [5, 5.41) is 12.4. The van der Waals surface area contributed by atoms with Crippen molar-refractivity contribution in [2.24, 2.45) is 0 Å². The number of aryl methyl sites for hydroxylation is 1. The number of carbonyl (C=O) groups is 2. The molecule has 2 aromatic rings. The Kier molecular flexibility index (Phi) is 6.33. The number of carboxylic acids is 1. The first kappa shape index (κ1) is 16.4. The van der Waals surface area contributed by atoms with Crippen LogP contribution in [0.2, 0.25) is 0 Å². The number of thiazole rings is 1. The zero-order valence-corrected chi connectivity index (χ0v) is 13.2. The standard InChI is InChI=1S/C16H20N2O3S/c19-14(17-11-5-10-16(20)21)8-3-4-9-15-18-12-6-1-2-7-13(12)22-15/h1-2,6-7H,3-5,8-11H2,(H,17,19)(H,20,21). The van der Waals surface area contributed by atoms with Crippen molar-refractivity contribution in [3.8, 4) is 0 Å². The van der Waals surface area contributed by atoms with Gasteiger partial charge in [-0.1, -0.05) is 12.1 Å². The van der Waals surface area contributed by atoms with Crippen molar-refractivity contribution in [2.75, 3.05) is 6.54 Å². The molecule has 1 heterocycles. The average Bonchev–Trinajstić information content (AvgIpc) is 2.90.